The highest BCUT2D eigenvalue weighted by Gasteiger charge is 2.14. The standard InChI is InChI=1S/C21H21N3O4S/c1-4-9-22-21-24(23-12-14-5-6-15(25)10-19(14)26)18(13-29-21)17-8-7-16(27-2)11-20(17)28-3/h4-8,10-13,25-26H,1,9H2,2-3H3. The summed E-state index contributed by atoms with van der Waals surface area (Å²) in [5, 5.41) is 25.9. The van der Waals surface area contributed by atoms with Gasteiger partial charge in [0.15, 0.2) is 0 Å². The number of benzene rings is 2. The molecule has 1 heterocycles. The molecule has 0 aliphatic carbocycles. The molecule has 0 spiro atoms. The summed E-state index contributed by atoms with van der Waals surface area (Å²) in [5.74, 6) is 1.22. The van der Waals surface area contributed by atoms with Crippen LogP contribution in [0.3, 0.4) is 0 Å². The van der Waals surface area contributed by atoms with Crippen molar-refractivity contribution in [3.8, 4) is 34.3 Å². The van der Waals surface area contributed by atoms with E-state index < -0.39 is 0 Å². The first-order chi connectivity index (χ1) is 14.1. The Morgan fingerprint density at radius 1 is 1.14 bits per heavy atom. The number of phenolic OH excluding ortho intramolecular Hbond substituents is 2. The van der Waals surface area contributed by atoms with E-state index >= 15 is 0 Å². The first kappa shape index (κ1) is 20.2. The zero-order valence-corrected chi connectivity index (χ0v) is 16.9. The molecule has 0 saturated carbocycles. The second kappa shape index (κ2) is 9.11. The van der Waals surface area contributed by atoms with E-state index in [4.69, 9.17) is 9.47 Å². The van der Waals surface area contributed by atoms with Gasteiger partial charge in [0.25, 0.3) is 0 Å². The highest BCUT2D eigenvalue weighted by molar-refractivity contribution is 7.07. The van der Waals surface area contributed by atoms with E-state index in [1.165, 1.54) is 29.7 Å². The molecule has 0 aliphatic heterocycles. The van der Waals surface area contributed by atoms with Crippen LogP contribution in [0, 0.1) is 0 Å². The number of thiazole rings is 1. The van der Waals surface area contributed by atoms with E-state index in [0.29, 0.717) is 28.4 Å². The quantitative estimate of drug-likeness (QED) is 0.459. The summed E-state index contributed by atoms with van der Waals surface area (Å²) >= 11 is 1.43. The number of rotatable bonds is 7. The summed E-state index contributed by atoms with van der Waals surface area (Å²) in [7, 11) is 3.19. The number of methoxy groups -OCH3 is 2. The Morgan fingerprint density at radius 3 is 2.66 bits per heavy atom. The number of phenols is 2. The van der Waals surface area contributed by atoms with Gasteiger partial charge in [0, 0.05) is 28.6 Å². The van der Waals surface area contributed by atoms with Gasteiger partial charge < -0.3 is 19.7 Å². The van der Waals surface area contributed by atoms with Crippen molar-refractivity contribution in [2.75, 3.05) is 20.8 Å². The summed E-state index contributed by atoms with van der Waals surface area (Å²) in [6.45, 7) is 4.15. The molecule has 1 aromatic heterocycles. The monoisotopic (exact) mass is 411 g/mol. The molecule has 0 amide bonds. The Balaban J connectivity index is 2.14. The molecule has 0 unspecified atom stereocenters. The summed E-state index contributed by atoms with van der Waals surface area (Å²) < 4.78 is 12.5. The number of aromatic nitrogens is 1. The predicted octanol–water partition coefficient (Wildman–Crippen LogP) is 3.61. The molecule has 7 nitrogen and oxygen atoms in total. The Hall–Kier alpha value is -3.52. The Bertz CT molecular complexity index is 1120. The van der Waals surface area contributed by atoms with Crippen molar-refractivity contribution in [1.82, 2.24) is 4.68 Å². The first-order valence-electron chi connectivity index (χ1n) is 8.68. The van der Waals surface area contributed by atoms with Crippen LogP contribution in [0.5, 0.6) is 23.0 Å². The summed E-state index contributed by atoms with van der Waals surface area (Å²) in [6.07, 6.45) is 3.21. The lowest BCUT2D eigenvalue weighted by molar-refractivity contribution is 0.395. The van der Waals surface area contributed by atoms with Crippen LogP contribution in [0.1, 0.15) is 5.56 Å². The lowest BCUT2D eigenvalue weighted by Gasteiger charge is -2.11. The third kappa shape index (κ3) is 4.49. The van der Waals surface area contributed by atoms with Gasteiger partial charge in [-0.25, -0.2) is 4.68 Å². The molecular weight excluding hydrogens is 390 g/mol. The Labute approximate surface area is 172 Å². The molecule has 2 N–H and O–H groups in total. The van der Waals surface area contributed by atoms with Crippen LogP contribution < -0.4 is 14.3 Å². The minimum Gasteiger partial charge on any atom is -0.508 e. The van der Waals surface area contributed by atoms with E-state index in [-0.39, 0.29) is 11.5 Å². The first-order valence-corrected chi connectivity index (χ1v) is 9.56. The molecule has 3 rings (SSSR count). The molecule has 0 bridgehead atoms. The van der Waals surface area contributed by atoms with Gasteiger partial charge in [-0.05, 0) is 24.3 Å². The van der Waals surface area contributed by atoms with Gasteiger partial charge in [0.2, 0.25) is 4.80 Å². The Morgan fingerprint density at radius 2 is 1.97 bits per heavy atom. The molecule has 3 aromatic rings. The number of hydrogen-bond acceptors (Lipinski definition) is 7. The Kier molecular flexibility index (Phi) is 6.36. The lowest BCUT2D eigenvalue weighted by Crippen LogP contribution is -2.12. The van der Waals surface area contributed by atoms with E-state index in [2.05, 4.69) is 16.7 Å². The maximum Gasteiger partial charge on any atom is 0.206 e. The van der Waals surface area contributed by atoms with Gasteiger partial charge in [0.1, 0.15) is 23.0 Å². The molecular formula is C21H21N3O4S. The van der Waals surface area contributed by atoms with Gasteiger partial charge in [-0.3, -0.25) is 4.99 Å². The maximum atomic E-state index is 10.0. The van der Waals surface area contributed by atoms with Gasteiger partial charge in [0.05, 0.1) is 32.7 Å². The fourth-order valence-electron chi connectivity index (χ4n) is 2.62. The van der Waals surface area contributed by atoms with Gasteiger partial charge in [-0.15, -0.1) is 17.9 Å². The molecule has 0 atom stereocenters. The minimum atomic E-state index is -0.0715. The number of aromatic hydroxyl groups is 2. The summed E-state index contributed by atoms with van der Waals surface area (Å²) in [5.41, 5.74) is 2.05. The molecule has 2 aromatic carbocycles. The minimum absolute atomic E-state index is 0.0202. The van der Waals surface area contributed by atoms with Crippen molar-refractivity contribution >= 4 is 17.6 Å². The molecule has 0 fully saturated rings. The van der Waals surface area contributed by atoms with Gasteiger partial charge in [-0.1, -0.05) is 6.08 Å². The third-order valence-electron chi connectivity index (χ3n) is 4.05. The summed E-state index contributed by atoms with van der Waals surface area (Å²) in [4.78, 5) is 5.15. The average Bonchev–Trinajstić information content (AvgIpc) is 3.13. The van der Waals surface area contributed by atoms with E-state index in [1.54, 1.807) is 37.1 Å². The van der Waals surface area contributed by atoms with Crippen molar-refractivity contribution < 1.29 is 19.7 Å². The maximum absolute atomic E-state index is 10.0. The predicted molar refractivity (Wildman–Crippen MR) is 114 cm³/mol. The second-order valence-corrected chi connectivity index (χ2v) is 6.74. The van der Waals surface area contributed by atoms with Crippen molar-refractivity contribution in [1.29, 1.82) is 0 Å². The van der Waals surface area contributed by atoms with Crippen LogP contribution in [-0.4, -0.2) is 41.9 Å². The number of hydrogen-bond donors (Lipinski definition) is 2. The molecule has 29 heavy (non-hydrogen) atoms. The molecule has 8 heteroatoms. The van der Waals surface area contributed by atoms with Crippen LogP contribution in [0.2, 0.25) is 0 Å². The highest BCUT2D eigenvalue weighted by Crippen LogP contribution is 2.33. The largest absolute Gasteiger partial charge is 0.508 e. The van der Waals surface area contributed by atoms with E-state index in [1.807, 2.05) is 17.5 Å². The number of nitrogens with zero attached hydrogens (tertiary/aromatic N) is 3. The van der Waals surface area contributed by atoms with Crippen molar-refractivity contribution in [3.63, 3.8) is 0 Å². The van der Waals surface area contributed by atoms with Crippen LogP contribution >= 0.6 is 11.3 Å². The normalized spacial score (nSPS) is 11.7. The fourth-order valence-corrected chi connectivity index (χ4v) is 3.46. The third-order valence-corrected chi connectivity index (χ3v) is 4.91. The SMILES string of the molecule is C=CCN=c1scc(-c2ccc(OC)cc2OC)n1N=Cc1ccc(O)cc1O. The number of ether oxygens (including phenoxy) is 2. The van der Waals surface area contributed by atoms with Crippen LogP contribution in [0.15, 0.2) is 64.5 Å². The van der Waals surface area contributed by atoms with Gasteiger partial charge in [-0.2, -0.15) is 5.10 Å². The fraction of sp³-hybridized carbons (Fsp3) is 0.143. The molecule has 150 valence electrons. The van der Waals surface area contributed by atoms with Crippen molar-refractivity contribution in [2.45, 2.75) is 0 Å². The van der Waals surface area contributed by atoms with E-state index in [0.717, 1.165) is 11.3 Å². The van der Waals surface area contributed by atoms with Crippen LogP contribution in [-0.2, 0) is 0 Å². The van der Waals surface area contributed by atoms with Crippen LogP contribution in [0.4, 0.5) is 0 Å². The average molecular weight is 411 g/mol. The molecule has 0 saturated heterocycles. The summed E-state index contributed by atoms with van der Waals surface area (Å²) in [6, 6.07) is 9.85. The topological polar surface area (TPSA) is 88.6 Å². The smallest absolute Gasteiger partial charge is 0.206 e. The zero-order chi connectivity index (χ0) is 20.8. The van der Waals surface area contributed by atoms with Crippen LogP contribution in [0.25, 0.3) is 11.3 Å². The lowest BCUT2D eigenvalue weighted by atomic mass is 10.1. The molecule has 0 radical (unpaired) electrons. The highest BCUT2D eigenvalue weighted by atomic mass is 32.1. The zero-order valence-electron chi connectivity index (χ0n) is 16.1. The van der Waals surface area contributed by atoms with Crippen molar-refractivity contribution in [3.05, 3.63) is 64.8 Å². The molecule has 0 aliphatic rings. The second-order valence-electron chi connectivity index (χ2n) is 5.90. The van der Waals surface area contributed by atoms with E-state index in [9.17, 15) is 10.2 Å². The van der Waals surface area contributed by atoms with Gasteiger partial charge >= 0.3 is 0 Å². The van der Waals surface area contributed by atoms with Crippen molar-refractivity contribution in [2.24, 2.45) is 10.1 Å².